The lowest BCUT2D eigenvalue weighted by Gasteiger charge is -2.36. The molecule has 2 aromatic heterocycles. The normalized spacial score (nSPS) is 24.3. The van der Waals surface area contributed by atoms with Crippen LogP contribution in [-0.2, 0) is 17.7 Å². The maximum absolute atomic E-state index is 5.45. The Labute approximate surface area is 165 Å². The third kappa shape index (κ3) is 3.20. The molecule has 0 N–H and O–H groups in total. The van der Waals surface area contributed by atoms with Gasteiger partial charge < -0.3 is 14.5 Å². The van der Waals surface area contributed by atoms with Crippen LogP contribution in [0.2, 0.25) is 0 Å². The van der Waals surface area contributed by atoms with Crippen molar-refractivity contribution >= 4 is 11.9 Å². The summed E-state index contributed by atoms with van der Waals surface area (Å²) in [7, 11) is 3.92. The Balaban J connectivity index is 1.35. The zero-order valence-electron chi connectivity index (χ0n) is 16.6. The van der Waals surface area contributed by atoms with Crippen molar-refractivity contribution in [2.45, 2.75) is 37.9 Å². The second-order valence-corrected chi connectivity index (χ2v) is 8.08. The number of ether oxygens (including phenoxy) is 1. The van der Waals surface area contributed by atoms with E-state index in [0.717, 1.165) is 56.7 Å². The molecule has 2 atom stereocenters. The van der Waals surface area contributed by atoms with Crippen molar-refractivity contribution in [3.63, 3.8) is 0 Å². The highest BCUT2D eigenvalue weighted by atomic mass is 16.5. The van der Waals surface area contributed by atoms with Gasteiger partial charge in [-0.1, -0.05) is 0 Å². The van der Waals surface area contributed by atoms with Crippen molar-refractivity contribution in [2.75, 3.05) is 50.2 Å². The molecule has 8 nitrogen and oxygen atoms in total. The fraction of sp³-hybridized carbons (Fsp3) is 0.600. The van der Waals surface area contributed by atoms with Crippen LogP contribution in [0.4, 0.5) is 11.9 Å². The number of hydrogen-bond donors (Lipinski definition) is 0. The summed E-state index contributed by atoms with van der Waals surface area (Å²) in [4.78, 5) is 25.4. The van der Waals surface area contributed by atoms with Crippen molar-refractivity contribution in [1.82, 2.24) is 24.8 Å². The van der Waals surface area contributed by atoms with Gasteiger partial charge in [-0.2, -0.15) is 0 Å². The minimum absolute atomic E-state index is 0.404. The molecule has 2 saturated heterocycles. The lowest BCUT2D eigenvalue weighted by atomic mass is 9.99. The lowest BCUT2D eigenvalue weighted by Crippen LogP contribution is -2.40. The highest BCUT2D eigenvalue weighted by molar-refractivity contribution is 5.37. The first-order valence-electron chi connectivity index (χ1n) is 10.1. The van der Waals surface area contributed by atoms with Gasteiger partial charge in [0, 0.05) is 82.0 Å². The predicted octanol–water partition coefficient (Wildman–Crippen LogP) is 1.43. The fourth-order valence-corrected chi connectivity index (χ4v) is 4.60. The van der Waals surface area contributed by atoms with Gasteiger partial charge in [-0.25, -0.2) is 19.9 Å². The van der Waals surface area contributed by atoms with Gasteiger partial charge in [0.15, 0.2) is 0 Å². The van der Waals surface area contributed by atoms with Crippen molar-refractivity contribution < 1.29 is 4.74 Å². The summed E-state index contributed by atoms with van der Waals surface area (Å²) in [5.41, 5.74) is 3.70. The molecule has 0 amide bonds. The molecule has 0 spiro atoms. The molecule has 0 aliphatic carbocycles. The Morgan fingerprint density at radius 3 is 2.61 bits per heavy atom. The van der Waals surface area contributed by atoms with Gasteiger partial charge in [-0.05, 0) is 12.8 Å². The van der Waals surface area contributed by atoms with Crippen LogP contribution >= 0.6 is 0 Å². The van der Waals surface area contributed by atoms with Gasteiger partial charge in [0.05, 0.1) is 18.9 Å². The van der Waals surface area contributed by atoms with E-state index in [1.165, 1.54) is 24.1 Å². The average Bonchev–Trinajstić information content (AvgIpc) is 3.00. The van der Waals surface area contributed by atoms with Gasteiger partial charge in [-0.3, -0.25) is 4.90 Å². The summed E-state index contributed by atoms with van der Waals surface area (Å²) in [6.45, 7) is 4.15. The minimum Gasteiger partial charge on any atom is -0.378 e. The number of hydrogen-bond acceptors (Lipinski definition) is 8. The monoisotopic (exact) mass is 381 g/mol. The van der Waals surface area contributed by atoms with Gasteiger partial charge in [0.2, 0.25) is 11.9 Å². The quantitative estimate of drug-likeness (QED) is 0.788. The summed E-state index contributed by atoms with van der Waals surface area (Å²) in [6.07, 6.45) is 9.37. The van der Waals surface area contributed by atoms with Crippen LogP contribution in [0.25, 0.3) is 0 Å². The molecule has 28 heavy (non-hydrogen) atoms. The van der Waals surface area contributed by atoms with Crippen LogP contribution in [0.3, 0.4) is 0 Å². The summed E-state index contributed by atoms with van der Waals surface area (Å²) in [5, 5.41) is 0. The summed E-state index contributed by atoms with van der Waals surface area (Å²) < 4.78 is 5.45. The predicted molar refractivity (Wildman–Crippen MR) is 106 cm³/mol. The van der Waals surface area contributed by atoms with E-state index in [4.69, 9.17) is 14.7 Å². The highest BCUT2D eigenvalue weighted by Crippen LogP contribution is 2.43. The number of aromatic nitrogens is 4. The molecular formula is C20H27N7O. The van der Waals surface area contributed by atoms with Crippen molar-refractivity contribution in [3.8, 4) is 0 Å². The van der Waals surface area contributed by atoms with E-state index in [2.05, 4.69) is 26.0 Å². The van der Waals surface area contributed by atoms with Crippen LogP contribution in [0.15, 0.2) is 18.6 Å². The smallest absolute Gasteiger partial charge is 0.225 e. The zero-order chi connectivity index (χ0) is 19.1. The molecule has 3 aliphatic heterocycles. The third-order valence-corrected chi connectivity index (χ3v) is 6.07. The van der Waals surface area contributed by atoms with Gasteiger partial charge >= 0.3 is 0 Å². The third-order valence-electron chi connectivity index (χ3n) is 6.07. The molecule has 2 fully saturated rings. The Morgan fingerprint density at radius 1 is 1.07 bits per heavy atom. The molecular weight excluding hydrogens is 354 g/mol. The Kier molecular flexibility index (Phi) is 4.60. The van der Waals surface area contributed by atoms with Crippen molar-refractivity contribution in [2.24, 2.45) is 0 Å². The van der Waals surface area contributed by atoms with Crippen molar-refractivity contribution in [1.29, 1.82) is 0 Å². The van der Waals surface area contributed by atoms with Gasteiger partial charge in [0.1, 0.15) is 0 Å². The molecule has 8 heteroatoms. The maximum atomic E-state index is 5.45. The zero-order valence-corrected chi connectivity index (χ0v) is 16.6. The first-order valence-corrected chi connectivity index (χ1v) is 10.1. The fourth-order valence-electron chi connectivity index (χ4n) is 4.60. The van der Waals surface area contributed by atoms with Crippen LogP contribution < -0.4 is 9.80 Å². The molecule has 0 saturated carbocycles. The number of nitrogens with zero attached hydrogens (tertiary/aromatic N) is 7. The van der Waals surface area contributed by atoms with Crippen LogP contribution in [-0.4, -0.2) is 71.3 Å². The number of morpholine rings is 1. The average molecular weight is 381 g/mol. The standard InChI is InChI=1S/C20H27N7O/c1-25(2)19-21-10-14(11-22-19)13-27-15-3-4-18(27)16-12-23-20(24-17(16)9-15)26-5-7-28-8-6-26/h10-12,15,18H,3-9,13H2,1-2H3/t15-,18+/m0/s1. The van der Waals surface area contributed by atoms with E-state index in [-0.39, 0.29) is 0 Å². The second kappa shape index (κ2) is 7.25. The molecule has 3 aliphatic rings. The number of fused-ring (bicyclic) bond motifs is 4. The molecule has 148 valence electrons. The highest BCUT2D eigenvalue weighted by Gasteiger charge is 2.41. The van der Waals surface area contributed by atoms with Gasteiger partial charge in [-0.15, -0.1) is 0 Å². The molecule has 2 bridgehead atoms. The van der Waals surface area contributed by atoms with Crippen LogP contribution in [0.1, 0.15) is 35.7 Å². The summed E-state index contributed by atoms with van der Waals surface area (Å²) in [6, 6.07) is 0.944. The Bertz CT molecular complexity index is 835. The minimum atomic E-state index is 0.404. The van der Waals surface area contributed by atoms with Crippen LogP contribution in [0, 0.1) is 0 Å². The molecule has 0 aromatic carbocycles. The second-order valence-electron chi connectivity index (χ2n) is 8.08. The first-order chi connectivity index (χ1) is 13.7. The topological polar surface area (TPSA) is 70.5 Å². The van der Waals surface area contributed by atoms with E-state index in [0.29, 0.717) is 12.1 Å². The van der Waals surface area contributed by atoms with Crippen LogP contribution in [0.5, 0.6) is 0 Å². The molecule has 0 unspecified atom stereocenters. The molecule has 5 rings (SSSR count). The largest absolute Gasteiger partial charge is 0.378 e. The van der Waals surface area contributed by atoms with E-state index in [9.17, 15) is 0 Å². The summed E-state index contributed by atoms with van der Waals surface area (Å²) in [5.74, 6) is 1.61. The Morgan fingerprint density at radius 2 is 1.86 bits per heavy atom. The van der Waals surface area contributed by atoms with E-state index >= 15 is 0 Å². The molecule has 2 aromatic rings. The summed E-state index contributed by atoms with van der Waals surface area (Å²) >= 11 is 0. The van der Waals surface area contributed by atoms with E-state index < -0.39 is 0 Å². The number of rotatable bonds is 4. The molecule has 0 radical (unpaired) electrons. The maximum Gasteiger partial charge on any atom is 0.225 e. The molecule has 5 heterocycles. The van der Waals surface area contributed by atoms with E-state index in [1.807, 2.05) is 31.4 Å². The SMILES string of the molecule is CN(C)c1ncc(CN2[C@H]3CC[C@@H]2c2cnc(N4CCOCC4)nc2C3)cn1. The Hall–Kier alpha value is -2.32. The number of anilines is 2. The van der Waals surface area contributed by atoms with E-state index in [1.54, 1.807) is 0 Å². The first kappa shape index (κ1) is 17.8. The van der Waals surface area contributed by atoms with Crippen molar-refractivity contribution in [3.05, 3.63) is 35.4 Å². The lowest BCUT2D eigenvalue weighted by molar-refractivity contribution is 0.122. The van der Waals surface area contributed by atoms with Gasteiger partial charge in [0.25, 0.3) is 0 Å².